The highest BCUT2D eigenvalue weighted by atomic mass is 16.7. The highest BCUT2D eigenvalue weighted by Gasteiger charge is 2.30. The predicted octanol–water partition coefficient (Wildman–Crippen LogP) is 3.45. The summed E-state index contributed by atoms with van der Waals surface area (Å²) in [6.45, 7) is 0.184. The van der Waals surface area contributed by atoms with Crippen LogP contribution in [0.4, 0.5) is 0 Å². The van der Waals surface area contributed by atoms with E-state index in [4.69, 9.17) is 18.9 Å². The molecule has 138 valence electrons. The van der Waals surface area contributed by atoms with Gasteiger partial charge in [0.25, 0.3) is 0 Å². The first-order chi connectivity index (χ1) is 12.3. The van der Waals surface area contributed by atoms with E-state index in [0.29, 0.717) is 5.92 Å². The lowest BCUT2D eigenvalue weighted by Crippen LogP contribution is -2.39. The molecule has 0 radical (unpaired) electrons. The lowest BCUT2D eigenvalue weighted by molar-refractivity contribution is -0.169. The fourth-order valence-electron chi connectivity index (χ4n) is 3.15. The fourth-order valence-corrected chi connectivity index (χ4v) is 3.15. The smallest absolute Gasteiger partial charge is 0.186 e. The first-order valence-electron chi connectivity index (χ1n) is 8.72. The number of carbonyl (C=O) groups excluding carboxylic acids is 1. The molecule has 25 heavy (non-hydrogen) atoms. The van der Waals surface area contributed by atoms with E-state index in [1.54, 1.807) is 13.2 Å². The van der Waals surface area contributed by atoms with Crippen molar-refractivity contribution in [1.82, 2.24) is 0 Å². The van der Waals surface area contributed by atoms with Gasteiger partial charge in [-0.05, 0) is 43.2 Å². The molecule has 0 bridgehead atoms. The summed E-state index contributed by atoms with van der Waals surface area (Å²) in [6.07, 6.45) is 6.01. The van der Waals surface area contributed by atoms with Gasteiger partial charge in [-0.15, -0.1) is 0 Å². The molecule has 0 fully saturated rings. The summed E-state index contributed by atoms with van der Waals surface area (Å²) in [5.41, 5.74) is 1.32. The number of hydrogen-bond acceptors (Lipinski definition) is 5. The third-order valence-electron chi connectivity index (χ3n) is 4.42. The zero-order valence-corrected chi connectivity index (χ0v) is 15.1. The molecule has 3 unspecified atom stereocenters. The quantitative estimate of drug-likeness (QED) is 0.707. The van der Waals surface area contributed by atoms with Crippen LogP contribution in [0, 0.1) is 0 Å². The van der Waals surface area contributed by atoms with Gasteiger partial charge in [-0.3, -0.25) is 4.79 Å². The second-order valence-corrected chi connectivity index (χ2v) is 6.17. The summed E-state index contributed by atoms with van der Waals surface area (Å²) >= 11 is 0. The maximum atomic E-state index is 12.5. The second kappa shape index (κ2) is 11.2. The number of allylic oxidation sites excluding steroid dienone is 1. The van der Waals surface area contributed by atoms with E-state index in [-0.39, 0.29) is 25.5 Å². The van der Waals surface area contributed by atoms with Crippen LogP contribution in [-0.4, -0.2) is 45.8 Å². The average Bonchev–Trinajstić information content (AvgIpc) is 2.65. The summed E-state index contributed by atoms with van der Waals surface area (Å²) in [5, 5.41) is 0. The number of carbonyl (C=O) groups is 1. The lowest BCUT2D eigenvalue weighted by atomic mass is 9.87. The minimum absolute atomic E-state index is 0.0548. The Morgan fingerprint density at radius 2 is 1.68 bits per heavy atom. The predicted molar refractivity (Wildman–Crippen MR) is 95.3 cm³/mol. The van der Waals surface area contributed by atoms with E-state index >= 15 is 0 Å². The summed E-state index contributed by atoms with van der Waals surface area (Å²) in [6, 6.07) is 10.5. The van der Waals surface area contributed by atoms with Gasteiger partial charge in [0.1, 0.15) is 19.7 Å². The van der Waals surface area contributed by atoms with Gasteiger partial charge in [-0.25, -0.2) is 0 Å². The zero-order valence-electron chi connectivity index (χ0n) is 15.1. The van der Waals surface area contributed by atoms with Crippen LogP contribution >= 0.6 is 0 Å². The van der Waals surface area contributed by atoms with Crippen LogP contribution in [0.2, 0.25) is 0 Å². The molecular weight excluding hydrogens is 320 g/mol. The molecule has 0 aliphatic heterocycles. The monoisotopic (exact) mass is 348 g/mol. The van der Waals surface area contributed by atoms with Crippen molar-refractivity contribution in [3.63, 3.8) is 0 Å². The Morgan fingerprint density at radius 3 is 2.40 bits per heavy atom. The van der Waals surface area contributed by atoms with Crippen LogP contribution in [0.1, 0.15) is 37.2 Å². The van der Waals surface area contributed by atoms with Crippen molar-refractivity contribution >= 4 is 5.78 Å². The van der Waals surface area contributed by atoms with Crippen molar-refractivity contribution in [2.75, 3.05) is 27.8 Å². The molecule has 1 aliphatic carbocycles. The van der Waals surface area contributed by atoms with E-state index in [1.165, 1.54) is 12.7 Å². The third kappa shape index (κ3) is 6.36. The minimum atomic E-state index is -0.680. The van der Waals surface area contributed by atoms with Crippen molar-refractivity contribution < 1.29 is 23.7 Å². The molecule has 0 saturated carbocycles. The largest absolute Gasteiger partial charge is 0.359 e. The number of ketones is 1. The van der Waals surface area contributed by atoms with E-state index in [0.717, 1.165) is 25.7 Å². The molecule has 0 N–H and O–H groups in total. The second-order valence-electron chi connectivity index (χ2n) is 6.17. The fraction of sp³-hybridized carbons (Fsp3) is 0.550. The molecule has 3 atom stereocenters. The Bertz CT molecular complexity index is 528. The molecule has 0 amide bonds. The molecule has 2 rings (SSSR count). The Balaban J connectivity index is 2.16. The Labute approximate surface area is 149 Å². The first-order valence-corrected chi connectivity index (χ1v) is 8.72. The number of methoxy groups -OCH3 is 2. The van der Waals surface area contributed by atoms with Crippen LogP contribution in [0.3, 0.4) is 0 Å². The molecular formula is C20H28O5. The van der Waals surface area contributed by atoms with E-state index < -0.39 is 6.10 Å². The van der Waals surface area contributed by atoms with E-state index in [2.05, 4.69) is 24.3 Å². The van der Waals surface area contributed by atoms with Crippen LogP contribution in [0.5, 0.6) is 0 Å². The van der Waals surface area contributed by atoms with Crippen molar-refractivity contribution in [2.45, 2.75) is 43.8 Å². The summed E-state index contributed by atoms with van der Waals surface area (Å²) in [4.78, 5) is 12.5. The number of hydrogen-bond donors (Lipinski definition) is 0. The maximum Gasteiger partial charge on any atom is 0.186 e. The molecule has 1 aliphatic rings. The van der Waals surface area contributed by atoms with Gasteiger partial charge >= 0.3 is 0 Å². The van der Waals surface area contributed by atoms with Crippen LogP contribution in [0.15, 0.2) is 42.5 Å². The van der Waals surface area contributed by atoms with Gasteiger partial charge in [-0.2, -0.15) is 0 Å². The minimum Gasteiger partial charge on any atom is -0.359 e. The topological polar surface area (TPSA) is 54.0 Å². The van der Waals surface area contributed by atoms with E-state index in [9.17, 15) is 4.79 Å². The summed E-state index contributed by atoms with van der Waals surface area (Å²) < 4.78 is 21.4. The zero-order chi connectivity index (χ0) is 17.9. The highest BCUT2D eigenvalue weighted by Crippen LogP contribution is 2.29. The lowest BCUT2D eigenvalue weighted by Gasteiger charge is -2.28. The van der Waals surface area contributed by atoms with Gasteiger partial charge in [-0.1, -0.05) is 36.4 Å². The molecule has 5 nitrogen and oxygen atoms in total. The number of benzene rings is 1. The Kier molecular flexibility index (Phi) is 8.83. The number of ether oxygens (including phenoxy) is 4. The summed E-state index contributed by atoms with van der Waals surface area (Å²) in [5.74, 6) is 0.340. The third-order valence-corrected chi connectivity index (χ3v) is 4.42. The van der Waals surface area contributed by atoms with E-state index in [1.807, 2.05) is 12.1 Å². The molecule has 0 spiro atoms. The normalized spacial score (nSPS) is 25.0. The molecule has 0 aromatic heterocycles. The van der Waals surface area contributed by atoms with Gasteiger partial charge in [0.15, 0.2) is 5.78 Å². The van der Waals surface area contributed by atoms with Crippen LogP contribution < -0.4 is 0 Å². The molecule has 0 saturated heterocycles. The Morgan fingerprint density at radius 1 is 0.960 bits per heavy atom. The van der Waals surface area contributed by atoms with Crippen LogP contribution in [0.25, 0.3) is 0 Å². The SMILES string of the molecule is COCOC1CCC(c2ccccc2)CCC=CC(=O)C1OCOC. The average molecular weight is 348 g/mol. The van der Waals surface area contributed by atoms with Crippen molar-refractivity contribution in [2.24, 2.45) is 0 Å². The van der Waals surface area contributed by atoms with Gasteiger partial charge in [0.05, 0.1) is 6.10 Å². The Hall–Kier alpha value is -1.53. The molecule has 5 heteroatoms. The maximum absolute atomic E-state index is 12.5. The summed E-state index contributed by atoms with van der Waals surface area (Å²) in [7, 11) is 3.11. The van der Waals surface area contributed by atoms with Crippen molar-refractivity contribution in [3.05, 3.63) is 48.0 Å². The number of rotatable bonds is 7. The van der Waals surface area contributed by atoms with Crippen LogP contribution in [-0.2, 0) is 23.7 Å². The highest BCUT2D eigenvalue weighted by molar-refractivity contribution is 5.94. The molecule has 1 aromatic rings. The van der Waals surface area contributed by atoms with Gasteiger partial charge < -0.3 is 18.9 Å². The van der Waals surface area contributed by atoms with Crippen molar-refractivity contribution in [3.8, 4) is 0 Å². The molecule has 1 aromatic carbocycles. The molecule has 0 heterocycles. The van der Waals surface area contributed by atoms with Gasteiger partial charge in [0.2, 0.25) is 0 Å². The first kappa shape index (κ1) is 19.8. The van der Waals surface area contributed by atoms with Gasteiger partial charge in [0, 0.05) is 14.2 Å². The standard InChI is InChI=1S/C20H28O5/c1-22-14-24-19-13-12-17(16-8-4-3-5-9-16)10-6-7-11-18(21)20(19)25-15-23-2/h3-5,7-9,11,17,19-20H,6,10,12-15H2,1-2H3. The van der Waals surface area contributed by atoms with Crippen molar-refractivity contribution in [1.29, 1.82) is 0 Å².